The lowest BCUT2D eigenvalue weighted by Gasteiger charge is -2.39. The van der Waals surface area contributed by atoms with Crippen LogP contribution >= 0.6 is 23.4 Å². The summed E-state index contributed by atoms with van der Waals surface area (Å²) in [5.41, 5.74) is 6.26. The van der Waals surface area contributed by atoms with Gasteiger partial charge in [-0.1, -0.05) is 107 Å². The van der Waals surface area contributed by atoms with E-state index in [9.17, 15) is 5.11 Å². The van der Waals surface area contributed by atoms with Gasteiger partial charge in [0.15, 0.2) is 6.29 Å². The minimum absolute atomic E-state index is 0.0331. The van der Waals surface area contributed by atoms with Crippen molar-refractivity contribution in [1.82, 2.24) is 10.2 Å². The molecule has 6 rings (SSSR count). The Hall–Kier alpha value is -2.51. The molecule has 3 aromatic rings. The van der Waals surface area contributed by atoms with E-state index in [0.717, 1.165) is 46.9 Å². The summed E-state index contributed by atoms with van der Waals surface area (Å²) >= 11 is 7.89. The van der Waals surface area contributed by atoms with Crippen LogP contribution in [0.15, 0.2) is 77.8 Å². The summed E-state index contributed by atoms with van der Waals surface area (Å²) in [5.74, 6) is 3.63. The Morgan fingerprint density at radius 1 is 0.902 bits per heavy atom. The van der Waals surface area contributed by atoms with Gasteiger partial charge in [0.2, 0.25) is 0 Å². The van der Waals surface area contributed by atoms with Gasteiger partial charge >= 0.3 is 0 Å². The summed E-state index contributed by atoms with van der Waals surface area (Å²) in [6.07, 6.45) is 13.5. The van der Waals surface area contributed by atoms with Crippen molar-refractivity contribution < 1.29 is 5.11 Å². The van der Waals surface area contributed by atoms with Crippen LogP contribution in [0.1, 0.15) is 133 Å². The average Bonchev–Trinajstić information content (AvgIpc) is 3.17. The fourth-order valence-electron chi connectivity index (χ4n) is 7.48. The number of hydrogen-bond acceptors (Lipinski definition) is 6. The zero-order valence-corrected chi connectivity index (χ0v) is 34.0. The molecule has 7 heteroatoms. The number of rotatable bonds is 10. The van der Waals surface area contributed by atoms with Crippen molar-refractivity contribution in [2.45, 2.75) is 134 Å². The molecule has 0 aromatic heterocycles. The normalized spacial score (nSPS) is 21.5. The smallest absolute Gasteiger partial charge is 0.178 e. The predicted octanol–water partition coefficient (Wildman–Crippen LogP) is 11.4. The SMILES string of the molecule is CC.CC1CCC(NC2N=C(N(C)C)c3ccccc3N2C)CC1.CCC(CC(O)c1ccc(C2CCCCC2)cc1)SCc1ccc(Cl)cc1. The van der Waals surface area contributed by atoms with Crippen LogP contribution in [0.3, 0.4) is 0 Å². The number of aliphatic hydroxyl groups excluding tert-OH is 1. The lowest BCUT2D eigenvalue weighted by molar-refractivity contribution is 0.166. The second-order valence-corrected chi connectivity index (χ2v) is 16.4. The number of hydrogen-bond donors (Lipinski definition) is 2. The Bertz CT molecular complexity index is 1450. The first kappa shape index (κ1) is 41.2. The minimum atomic E-state index is -0.381. The quantitative estimate of drug-likeness (QED) is 0.217. The molecule has 2 fully saturated rings. The van der Waals surface area contributed by atoms with Gasteiger partial charge in [-0.25, -0.2) is 4.99 Å². The van der Waals surface area contributed by atoms with Gasteiger partial charge in [0.1, 0.15) is 5.84 Å². The highest BCUT2D eigenvalue weighted by Crippen LogP contribution is 2.35. The summed E-state index contributed by atoms with van der Waals surface area (Å²) < 4.78 is 0. The molecule has 3 atom stereocenters. The Kier molecular flexibility index (Phi) is 17.2. The molecule has 0 bridgehead atoms. The van der Waals surface area contributed by atoms with Crippen LogP contribution in [0, 0.1) is 5.92 Å². The van der Waals surface area contributed by atoms with Gasteiger partial charge in [-0.15, -0.1) is 0 Å². The molecule has 1 aliphatic heterocycles. The molecule has 0 spiro atoms. The van der Waals surface area contributed by atoms with Crippen molar-refractivity contribution in [1.29, 1.82) is 0 Å². The zero-order valence-electron chi connectivity index (χ0n) is 32.5. The molecule has 3 unspecified atom stereocenters. The summed E-state index contributed by atoms with van der Waals surface area (Å²) in [4.78, 5) is 9.35. The fourth-order valence-corrected chi connectivity index (χ4v) is 8.78. The van der Waals surface area contributed by atoms with Gasteiger partial charge < -0.3 is 14.9 Å². The van der Waals surface area contributed by atoms with Crippen LogP contribution in [0.2, 0.25) is 5.02 Å². The summed E-state index contributed by atoms with van der Waals surface area (Å²) in [5, 5.41) is 15.7. The summed E-state index contributed by atoms with van der Waals surface area (Å²) in [7, 11) is 6.28. The third-order valence-electron chi connectivity index (χ3n) is 10.7. The maximum absolute atomic E-state index is 10.7. The van der Waals surface area contributed by atoms with E-state index in [-0.39, 0.29) is 12.4 Å². The minimum Gasteiger partial charge on any atom is -0.388 e. The Morgan fingerprint density at radius 3 is 2.18 bits per heavy atom. The van der Waals surface area contributed by atoms with Crippen molar-refractivity contribution in [2.75, 3.05) is 26.0 Å². The number of fused-ring (bicyclic) bond motifs is 1. The van der Waals surface area contributed by atoms with Gasteiger partial charge in [-0.05, 0) is 104 Å². The number of amidine groups is 1. The van der Waals surface area contributed by atoms with E-state index in [2.05, 4.69) is 111 Å². The van der Waals surface area contributed by atoms with Crippen molar-refractivity contribution >= 4 is 34.9 Å². The molecule has 0 saturated heterocycles. The third kappa shape index (κ3) is 12.3. The highest BCUT2D eigenvalue weighted by molar-refractivity contribution is 7.99. The van der Waals surface area contributed by atoms with Crippen LogP contribution in [0.25, 0.3) is 0 Å². The maximum Gasteiger partial charge on any atom is 0.178 e. The summed E-state index contributed by atoms with van der Waals surface area (Å²) in [6.45, 7) is 8.57. The van der Waals surface area contributed by atoms with E-state index >= 15 is 0 Å². The second kappa shape index (κ2) is 21.3. The van der Waals surface area contributed by atoms with Gasteiger partial charge in [-0.3, -0.25) is 5.32 Å². The van der Waals surface area contributed by atoms with Gasteiger partial charge in [0, 0.05) is 48.8 Å². The van der Waals surface area contributed by atoms with E-state index in [1.54, 1.807) is 0 Å². The van der Waals surface area contributed by atoms with E-state index in [0.29, 0.717) is 11.3 Å². The molecule has 0 radical (unpaired) electrons. The van der Waals surface area contributed by atoms with Gasteiger partial charge in [0.05, 0.1) is 11.8 Å². The Morgan fingerprint density at radius 2 is 1.55 bits per heavy atom. The topological polar surface area (TPSA) is 51.1 Å². The first-order valence-electron chi connectivity index (χ1n) is 19.7. The Labute approximate surface area is 319 Å². The average molecular weight is 734 g/mol. The third-order valence-corrected chi connectivity index (χ3v) is 12.4. The highest BCUT2D eigenvalue weighted by atomic mass is 35.5. The number of thioether (sulfide) groups is 1. The first-order chi connectivity index (χ1) is 24.7. The number of nitrogens with one attached hydrogen (secondary N) is 1. The molecular formula is C44H65ClN4OS. The Balaban J connectivity index is 0.000000222. The second-order valence-electron chi connectivity index (χ2n) is 14.7. The van der Waals surface area contributed by atoms with Gasteiger partial charge in [0.25, 0.3) is 0 Å². The monoisotopic (exact) mass is 732 g/mol. The fraction of sp³-hybridized carbons (Fsp3) is 0.568. The molecule has 2 N–H and O–H groups in total. The van der Waals surface area contributed by atoms with Crippen LogP contribution in [-0.4, -0.2) is 54.6 Å². The van der Waals surface area contributed by atoms with E-state index in [1.807, 2.05) is 37.7 Å². The standard InChI is InChI=1S/C24H31ClOS.C18H28N4.C2H6/c1-2-23(27-17-18-8-14-22(25)15-9-18)16-24(26)21-12-10-20(11-13-21)19-6-4-3-5-7-19;1-13-9-11-14(12-10-13)19-18-20-17(21(2)3)15-7-5-6-8-16(15)22(18)4;1-2/h8-15,19,23-24,26H,2-7,16-17H2,1H3;5-8,13-14,18-19H,9-12H2,1-4H3;1-2H3. The van der Waals surface area contributed by atoms with Crippen LogP contribution in [0.4, 0.5) is 5.69 Å². The first-order valence-corrected chi connectivity index (χ1v) is 21.1. The molecule has 280 valence electrons. The molecule has 51 heavy (non-hydrogen) atoms. The zero-order chi connectivity index (χ0) is 36.8. The van der Waals surface area contributed by atoms with Crippen LogP contribution in [0.5, 0.6) is 0 Å². The molecule has 3 aliphatic rings. The predicted molar refractivity (Wildman–Crippen MR) is 223 cm³/mol. The van der Waals surface area contributed by atoms with Crippen molar-refractivity contribution in [2.24, 2.45) is 10.9 Å². The van der Waals surface area contributed by atoms with E-state index in [4.69, 9.17) is 16.6 Å². The summed E-state index contributed by atoms with van der Waals surface area (Å²) in [6, 6.07) is 26.0. The highest BCUT2D eigenvalue weighted by Gasteiger charge is 2.29. The lowest BCUT2D eigenvalue weighted by Crippen LogP contribution is -2.51. The molecule has 0 amide bonds. The molecule has 2 aliphatic carbocycles. The molecule has 2 saturated carbocycles. The maximum atomic E-state index is 10.7. The number of aliphatic imine (C=N–C) groups is 1. The van der Waals surface area contributed by atoms with Gasteiger partial charge in [-0.2, -0.15) is 11.8 Å². The number of nitrogens with zero attached hydrogens (tertiary/aromatic N) is 3. The molecule has 3 aromatic carbocycles. The van der Waals surface area contributed by atoms with Crippen LogP contribution in [-0.2, 0) is 5.75 Å². The lowest BCUT2D eigenvalue weighted by atomic mass is 9.83. The number of para-hydroxylation sites is 1. The van der Waals surface area contributed by atoms with E-state index < -0.39 is 0 Å². The molecule has 1 heterocycles. The number of anilines is 1. The van der Waals surface area contributed by atoms with Crippen molar-refractivity contribution in [3.63, 3.8) is 0 Å². The van der Waals surface area contributed by atoms with E-state index in [1.165, 1.54) is 80.2 Å². The molecular weight excluding hydrogens is 668 g/mol. The van der Waals surface area contributed by atoms with Crippen molar-refractivity contribution in [3.8, 4) is 0 Å². The van der Waals surface area contributed by atoms with Crippen molar-refractivity contribution in [3.05, 3.63) is 100 Å². The number of benzene rings is 3. The number of aliphatic hydroxyl groups is 1. The molecule has 5 nitrogen and oxygen atoms in total. The largest absolute Gasteiger partial charge is 0.388 e. The number of halogens is 1. The van der Waals surface area contributed by atoms with Crippen LogP contribution < -0.4 is 10.2 Å².